The van der Waals surface area contributed by atoms with Gasteiger partial charge in [-0.05, 0) is 24.6 Å². The van der Waals surface area contributed by atoms with Crippen molar-refractivity contribution in [2.45, 2.75) is 6.92 Å². The van der Waals surface area contributed by atoms with E-state index in [1.54, 1.807) is 18.6 Å². The second-order valence-corrected chi connectivity index (χ2v) is 3.38. The summed E-state index contributed by atoms with van der Waals surface area (Å²) in [6.07, 6.45) is 4.68. The molecule has 0 bridgehead atoms. The zero-order valence-corrected chi connectivity index (χ0v) is 8.74. The molecule has 1 aromatic carbocycles. The normalized spacial score (nSPS) is 10.1. The summed E-state index contributed by atoms with van der Waals surface area (Å²) < 4.78 is 13.2. The van der Waals surface area contributed by atoms with Crippen LogP contribution >= 0.6 is 0 Å². The Morgan fingerprint density at radius 3 is 2.81 bits per heavy atom. The predicted octanol–water partition coefficient (Wildman–Crippen LogP) is 2.25. The lowest BCUT2D eigenvalue weighted by atomic mass is 10.1. The molecule has 5 heteroatoms. The molecule has 1 heterocycles. The van der Waals surface area contributed by atoms with Gasteiger partial charge in [-0.25, -0.2) is 9.37 Å². The molecular weight excluding hydrogens is 207 g/mol. The molecule has 3 N–H and O–H groups in total. The number of hydrogen-bond donors (Lipinski definition) is 2. The lowest BCUT2D eigenvalue weighted by Crippen LogP contribution is -2.00. The highest BCUT2D eigenvalue weighted by Crippen LogP contribution is 2.24. The molecule has 82 valence electrons. The molecule has 0 amide bonds. The second-order valence-electron chi connectivity index (χ2n) is 3.38. The molecule has 0 radical (unpaired) electrons. The SMILES string of the molecule is Cc1c(N)cc(F)cc1Nc1cnccn1. The highest BCUT2D eigenvalue weighted by Gasteiger charge is 2.05. The average molecular weight is 218 g/mol. The van der Waals surface area contributed by atoms with E-state index in [-0.39, 0.29) is 5.82 Å². The van der Waals surface area contributed by atoms with E-state index in [9.17, 15) is 4.39 Å². The number of rotatable bonds is 2. The maximum Gasteiger partial charge on any atom is 0.148 e. The molecule has 0 unspecified atom stereocenters. The minimum atomic E-state index is -0.380. The predicted molar refractivity (Wildman–Crippen MR) is 60.9 cm³/mol. The maximum absolute atomic E-state index is 13.2. The topological polar surface area (TPSA) is 63.8 Å². The summed E-state index contributed by atoms with van der Waals surface area (Å²) in [5.41, 5.74) is 7.45. The van der Waals surface area contributed by atoms with Gasteiger partial charge in [0, 0.05) is 23.8 Å². The Morgan fingerprint density at radius 2 is 2.12 bits per heavy atom. The van der Waals surface area contributed by atoms with Gasteiger partial charge in [0.15, 0.2) is 0 Å². The third kappa shape index (κ3) is 2.08. The first-order valence-corrected chi connectivity index (χ1v) is 4.75. The number of nitrogens with one attached hydrogen (secondary N) is 1. The minimum absolute atomic E-state index is 0.380. The van der Waals surface area contributed by atoms with Crippen LogP contribution in [0.4, 0.5) is 21.6 Å². The molecule has 0 fully saturated rings. The fourth-order valence-corrected chi connectivity index (χ4v) is 1.33. The molecule has 0 aliphatic carbocycles. The summed E-state index contributed by atoms with van der Waals surface area (Å²) in [4.78, 5) is 7.94. The molecule has 0 spiro atoms. The summed E-state index contributed by atoms with van der Waals surface area (Å²) in [5.74, 6) is 0.171. The number of aromatic nitrogens is 2. The van der Waals surface area contributed by atoms with Crippen LogP contribution < -0.4 is 11.1 Å². The Balaban J connectivity index is 2.35. The van der Waals surface area contributed by atoms with E-state index in [0.29, 0.717) is 17.2 Å². The van der Waals surface area contributed by atoms with Gasteiger partial charge in [0.25, 0.3) is 0 Å². The van der Waals surface area contributed by atoms with Crippen LogP contribution in [0.5, 0.6) is 0 Å². The van der Waals surface area contributed by atoms with Crippen molar-refractivity contribution < 1.29 is 4.39 Å². The first-order chi connectivity index (χ1) is 7.66. The van der Waals surface area contributed by atoms with Crippen LogP contribution in [0.15, 0.2) is 30.7 Å². The third-order valence-electron chi connectivity index (χ3n) is 2.24. The molecule has 0 saturated heterocycles. The van der Waals surface area contributed by atoms with Crippen molar-refractivity contribution in [3.63, 3.8) is 0 Å². The lowest BCUT2D eigenvalue weighted by Gasteiger charge is -2.10. The van der Waals surface area contributed by atoms with Gasteiger partial charge in [-0.1, -0.05) is 0 Å². The van der Waals surface area contributed by atoms with Crippen molar-refractivity contribution in [1.29, 1.82) is 0 Å². The number of nitrogens with zero attached hydrogens (tertiary/aromatic N) is 2. The van der Waals surface area contributed by atoms with Crippen molar-refractivity contribution in [2.75, 3.05) is 11.1 Å². The molecule has 1 aromatic heterocycles. The summed E-state index contributed by atoms with van der Waals surface area (Å²) in [7, 11) is 0. The zero-order valence-electron chi connectivity index (χ0n) is 8.74. The van der Waals surface area contributed by atoms with Gasteiger partial charge in [-0.3, -0.25) is 4.98 Å². The van der Waals surface area contributed by atoms with Crippen LogP contribution in [0.1, 0.15) is 5.56 Å². The van der Waals surface area contributed by atoms with Crippen LogP contribution in [0, 0.1) is 12.7 Å². The van der Waals surface area contributed by atoms with Crippen LogP contribution in [-0.2, 0) is 0 Å². The van der Waals surface area contributed by atoms with Crippen LogP contribution in [0.3, 0.4) is 0 Å². The Kier molecular flexibility index (Phi) is 2.68. The molecule has 4 nitrogen and oxygen atoms in total. The van der Waals surface area contributed by atoms with E-state index in [2.05, 4.69) is 15.3 Å². The Labute approximate surface area is 92.3 Å². The average Bonchev–Trinajstić information content (AvgIpc) is 2.27. The minimum Gasteiger partial charge on any atom is -0.398 e. The monoisotopic (exact) mass is 218 g/mol. The van der Waals surface area contributed by atoms with Crippen molar-refractivity contribution >= 4 is 17.2 Å². The van der Waals surface area contributed by atoms with E-state index < -0.39 is 0 Å². The quantitative estimate of drug-likeness (QED) is 0.759. The highest BCUT2D eigenvalue weighted by molar-refractivity contribution is 5.67. The number of halogens is 1. The Bertz CT molecular complexity index is 499. The Hall–Kier alpha value is -2.17. The van der Waals surface area contributed by atoms with Gasteiger partial charge in [0.05, 0.1) is 6.20 Å². The zero-order chi connectivity index (χ0) is 11.5. The summed E-state index contributed by atoms with van der Waals surface area (Å²) in [5, 5.41) is 2.96. The fourth-order valence-electron chi connectivity index (χ4n) is 1.33. The Morgan fingerprint density at radius 1 is 1.31 bits per heavy atom. The lowest BCUT2D eigenvalue weighted by molar-refractivity contribution is 0.628. The van der Waals surface area contributed by atoms with E-state index in [1.165, 1.54) is 12.1 Å². The van der Waals surface area contributed by atoms with E-state index in [1.807, 2.05) is 6.92 Å². The molecule has 2 rings (SSSR count). The summed E-state index contributed by atoms with van der Waals surface area (Å²) in [6.45, 7) is 1.81. The molecule has 0 saturated carbocycles. The summed E-state index contributed by atoms with van der Waals surface area (Å²) >= 11 is 0. The number of benzene rings is 1. The van der Waals surface area contributed by atoms with Crippen LogP contribution in [-0.4, -0.2) is 9.97 Å². The van der Waals surface area contributed by atoms with Crippen LogP contribution in [0.25, 0.3) is 0 Å². The molecule has 16 heavy (non-hydrogen) atoms. The van der Waals surface area contributed by atoms with Crippen molar-refractivity contribution in [3.8, 4) is 0 Å². The third-order valence-corrected chi connectivity index (χ3v) is 2.24. The number of hydrogen-bond acceptors (Lipinski definition) is 4. The van der Waals surface area contributed by atoms with Gasteiger partial charge in [-0.2, -0.15) is 0 Å². The highest BCUT2D eigenvalue weighted by atomic mass is 19.1. The van der Waals surface area contributed by atoms with E-state index in [4.69, 9.17) is 5.73 Å². The van der Waals surface area contributed by atoms with Crippen LogP contribution in [0.2, 0.25) is 0 Å². The standard InChI is InChI=1S/C11H11FN4/c1-7-9(13)4-8(12)5-10(7)16-11-6-14-2-3-15-11/h2-6H,13H2,1H3,(H,15,16). The van der Waals surface area contributed by atoms with Gasteiger partial charge < -0.3 is 11.1 Å². The van der Waals surface area contributed by atoms with Gasteiger partial charge in [-0.15, -0.1) is 0 Å². The largest absolute Gasteiger partial charge is 0.398 e. The fraction of sp³-hybridized carbons (Fsp3) is 0.0909. The number of anilines is 3. The van der Waals surface area contributed by atoms with Gasteiger partial charge >= 0.3 is 0 Å². The van der Waals surface area contributed by atoms with Gasteiger partial charge in [0.1, 0.15) is 11.6 Å². The summed E-state index contributed by atoms with van der Waals surface area (Å²) in [6, 6.07) is 2.66. The van der Waals surface area contributed by atoms with Crippen molar-refractivity contribution in [1.82, 2.24) is 9.97 Å². The van der Waals surface area contributed by atoms with Crippen molar-refractivity contribution in [3.05, 3.63) is 42.1 Å². The van der Waals surface area contributed by atoms with E-state index >= 15 is 0 Å². The smallest absolute Gasteiger partial charge is 0.148 e. The number of nitrogens with two attached hydrogens (primary N) is 1. The van der Waals surface area contributed by atoms with E-state index in [0.717, 1.165) is 5.56 Å². The van der Waals surface area contributed by atoms with Crippen molar-refractivity contribution in [2.24, 2.45) is 0 Å². The molecule has 0 aliphatic heterocycles. The molecule has 0 atom stereocenters. The first kappa shape index (κ1) is 10.4. The molecule has 2 aromatic rings. The number of nitrogen functional groups attached to an aromatic ring is 1. The molecule has 0 aliphatic rings. The van der Waals surface area contributed by atoms with Gasteiger partial charge in [0.2, 0.25) is 0 Å². The molecular formula is C11H11FN4. The second kappa shape index (κ2) is 4.14. The first-order valence-electron chi connectivity index (χ1n) is 4.75. The maximum atomic E-state index is 13.2.